The van der Waals surface area contributed by atoms with Crippen LogP contribution in [0.15, 0.2) is 39.0 Å². The summed E-state index contributed by atoms with van der Waals surface area (Å²) in [5, 5.41) is 2.13. The van der Waals surface area contributed by atoms with Gasteiger partial charge in [-0.2, -0.15) is 0 Å². The summed E-state index contributed by atoms with van der Waals surface area (Å²) in [6.45, 7) is 2.23. The average molecular weight is 381 g/mol. The maximum absolute atomic E-state index is 12.2. The highest BCUT2D eigenvalue weighted by atomic mass is 79.9. The number of nitrogens with one attached hydrogen (secondary N) is 1. The van der Waals surface area contributed by atoms with E-state index in [1.165, 1.54) is 17.4 Å². The van der Waals surface area contributed by atoms with Gasteiger partial charge in [-0.05, 0) is 42.1 Å². The Balaban J connectivity index is 2.21. The van der Waals surface area contributed by atoms with Gasteiger partial charge in [0.25, 0.3) is 0 Å². The fourth-order valence-electron chi connectivity index (χ4n) is 1.52. The van der Waals surface area contributed by atoms with Gasteiger partial charge in [0.2, 0.25) is 10.0 Å². The van der Waals surface area contributed by atoms with Crippen molar-refractivity contribution in [3.63, 3.8) is 0 Å². The molecule has 1 heterocycles. The Bertz CT molecular complexity index is 698. The van der Waals surface area contributed by atoms with Gasteiger partial charge in [0.1, 0.15) is 4.90 Å². The molecule has 3 nitrogen and oxygen atoms in total. The SMILES string of the molecule is Cc1ccsc1CNS(=O)(=O)c1ccc(Br)cc1Cl. The molecular weight excluding hydrogens is 370 g/mol. The monoisotopic (exact) mass is 379 g/mol. The van der Waals surface area contributed by atoms with Crippen molar-refractivity contribution < 1.29 is 8.42 Å². The number of rotatable bonds is 4. The van der Waals surface area contributed by atoms with Crippen molar-refractivity contribution in [2.24, 2.45) is 0 Å². The zero-order valence-corrected chi connectivity index (χ0v) is 14.0. The van der Waals surface area contributed by atoms with Crippen molar-refractivity contribution in [3.8, 4) is 0 Å². The fourth-order valence-corrected chi connectivity index (χ4v) is 4.48. The second-order valence-electron chi connectivity index (χ2n) is 3.93. The fraction of sp³-hybridized carbons (Fsp3) is 0.167. The maximum Gasteiger partial charge on any atom is 0.242 e. The first-order valence-electron chi connectivity index (χ1n) is 5.38. The zero-order valence-electron chi connectivity index (χ0n) is 9.98. The molecule has 1 N–H and O–H groups in total. The first kappa shape index (κ1) is 15.0. The van der Waals surface area contributed by atoms with Crippen molar-refractivity contribution in [2.75, 3.05) is 0 Å². The van der Waals surface area contributed by atoms with Crippen LogP contribution in [-0.2, 0) is 16.6 Å². The largest absolute Gasteiger partial charge is 0.242 e. The summed E-state index contributed by atoms with van der Waals surface area (Å²) in [6.07, 6.45) is 0. The lowest BCUT2D eigenvalue weighted by Crippen LogP contribution is -2.23. The van der Waals surface area contributed by atoms with Crippen LogP contribution < -0.4 is 4.72 Å². The van der Waals surface area contributed by atoms with E-state index in [-0.39, 0.29) is 16.5 Å². The van der Waals surface area contributed by atoms with Crippen LogP contribution in [0, 0.1) is 6.92 Å². The number of hydrogen-bond donors (Lipinski definition) is 1. The molecule has 1 aromatic carbocycles. The molecule has 7 heteroatoms. The van der Waals surface area contributed by atoms with Crippen LogP contribution in [0.1, 0.15) is 10.4 Å². The lowest BCUT2D eigenvalue weighted by Gasteiger charge is -2.08. The minimum atomic E-state index is -3.60. The summed E-state index contributed by atoms with van der Waals surface area (Å²) in [6, 6.07) is 6.65. The predicted octanol–water partition coefficient (Wildman–Crippen LogP) is 3.95. The molecule has 0 aliphatic carbocycles. The van der Waals surface area contributed by atoms with E-state index >= 15 is 0 Å². The minimum absolute atomic E-state index is 0.0894. The number of halogens is 2. The third-order valence-electron chi connectivity index (χ3n) is 2.57. The Labute approximate surface area is 129 Å². The van der Waals surface area contributed by atoms with Crippen LogP contribution in [0.25, 0.3) is 0 Å². The molecule has 0 bridgehead atoms. The Morgan fingerprint density at radius 3 is 2.68 bits per heavy atom. The third-order valence-corrected chi connectivity index (χ3v) is 5.97. The molecule has 1 aromatic heterocycles. The van der Waals surface area contributed by atoms with E-state index in [0.29, 0.717) is 0 Å². The molecular formula is C12H11BrClNO2S2. The van der Waals surface area contributed by atoms with Crippen molar-refractivity contribution in [1.29, 1.82) is 0 Å². The molecule has 0 saturated heterocycles. The molecule has 102 valence electrons. The lowest BCUT2D eigenvalue weighted by atomic mass is 10.3. The molecule has 0 atom stereocenters. The quantitative estimate of drug-likeness (QED) is 0.873. The lowest BCUT2D eigenvalue weighted by molar-refractivity contribution is 0.582. The highest BCUT2D eigenvalue weighted by Gasteiger charge is 2.18. The molecule has 0 aliphatic rings. The molecule has 19 heavy (non-hydrogen) atoms. The number of benzene rings is 1. The molecule has 0 amide bonds. The van der Waals surface area contributed by atoms with Crippen LogP contribution in [-0.4, -0.2) is 8.42 Å². The van der Waals surface area contributed by atoms with Crippen LogP contribution in [0.2, 0.25) is 5.02 Å². The van der Waals surface area contributed by atoms with E-state index in [0.717, 1.165) is 14.9 Å². The first-order chi connectivity index (χ1) is 8.90. The Morgan fingerprint density at radius 2 is 2.11 bits per heavy atom. The summed E-state index contributed by atoms with van der Waals surface area (Å²) in [4.78, 5) is 1.09. The normalized spacial score (nSPS) is 11.7. The summed E-state index contributed by atoms with van der Waals surface area (Å²) in [7, 11) is -3.60. The number of thiophene rings is 1. The second kappa shape index (κ2) is 5.93. The topological polar surface area (TPSA) is 46.2 Å². The molecule has 0 unspecified atom stereocenters. The molecule has 0 radical (unpaired) electrons. The summed E-state index contributed by atoms with van der Waals surface area (Å²) >= 11 is 10.7. The van der Waals surface area contributed by atoms with E-state index in [2.05, 4.69) is 20.7 Å². The first-order valence-corrected chi connectivity index (χ1v) is 8.91. The van der Waals surface area contributed by atoms with E-state index in [9.17, 15) is 8.42 Å². The number of hydrogen-bond acceptors (Lipinski definition) is 3. The third kappa shape index (κ3) is 3.58. The van der Waals surface area contributed by atoms with Crippen LogP contribution in [0.4, 0.5) is 0 Å². The van der Waals surface area contributed by atoms with Crippen molar-refractivity contribution in [1.82, 2.24) is 4.72 Å². The van der Waals surface area contributed by atoms with E-state index in [4.69, 9.17) is 11.6 Å². The molecule has 2 rings (SSSR count). The van der Waals surface area contributed by atoms with Crippen LogP contribution >= 0.6 is 38.9 Å². The van der Waals surface area contributed by atoms with Gasteiger partial charge in [-0.15, -0.1) is 11.3 Å². The van der Waals surface area contributed by atoms with E-state index in [1.807, 2.05) is 18.4 Å². The van der Waals surface area contributed by atoms with E-state index < -0.39 is 10.0 Å². The van der Waals surface area contributed by atoms with Gasteiger partial charge in [-0.25, -0.2) is 13.1 Å². The van der Waals surface area contributed by atoms with Crippen molar-refractivity contribution >= 4 is 48.9 Å². The summed E-state index contributed by atoms with van der Waals surface area (Å²) in [5.41, 5.74) is 1.08. The van der Waals surface area contributed by atoms with Gasteiger partial charge >= 0.3 is 0 Å². The molecule has 0 aliphatic heterocycles. The average Bonchev–Trinajstić information content (AvgIpc) is 2.72. The van der Waals surface area contributed by atoms with Gasteiger partial charge in [0, 0.05) is 15.9 Å². The smallest absolute Gasteiger partial charge is 0.207 e. The van der Waals surface area contributed by atoms with Crippen molar-refractivity contribution in [2.45, 2.75) is 18.4 Å². The molecule has 0 spiro atoms. The standard InChI is InChI=1S/C12H11BrClNO2S2/c1-8-4-5-18-11(8)7-15-19(16,17)12-3-2-9(13)6-10(12)14/h2-6,15H,7H2,1H3. The molecule has 0 fully saturated rings. The Kier molecular flexibility index (Phi) is 4.68. The minimum Gasteiger partial charge on any atom is -0.207 e. The van der Waals surface area contributed by atoms with Gasteiger partial charge in [0.15, 0.2) is 0 Å². The van der Waals surface area contributed by atoms with Gasteiger partial charge in [0.05, 0.1) is 5.02 Å². The van der Waals surface area contributed by atoms with Gasteiger partial charge in [-0.1, -0.05) is 27.5 Å². The van der Waals surface area contributed by atoms with Gasteiger partial charge in [-0.3, -0.25) is 0 Å². The highest BCUT2D eigenvalue weighted by Crippen LogP contribution is 2.25. The highest BCUT2D eigenvalue weighted by molar-refractivity contribution is 9.10. The predicted molar refractivity (Wildman–Crippen MR) is 82.2 cm³/mol. The molecule has 0 saturated carbocycles. The van der Waals surface area contributed by atoms with Crippen LogP contribution in [0.3, 0.4) is 0 Å². The zero-order chi connectivity index (χ0) is 14.0. The van der Waals surface area contributed by atoms with E-state index in [1.54, 1.807) is 12.1 Å². The molecule has 2 aromatic rings. The summed E-state index contributed by atoms with van der Waals surface area (Å²) < 4.78 is 27.6. The van der Waals surface area contributed by atoms with Crippen molar-refractivity contribution in [3.05, 3.63) is 49.6 Å². The second-order valence-corrected chi connectivity index (χ2v) is 7.99. The summed E-state index contributed by atoms with van der Waals surface area (Å²) in [5.74, 6) is 0. The van der Waals surface area contributed by atoms with Crippen LogP contribution in [0.5, 0.6) is 0 Å². The number of aryl methyl sites for hydroxylation is 1. The Hall–Kier alpha value is -0.400. The van der Waals surface area contributed by atoms with Gasteiger partial charge < -0.3 is 0 Å². The maximum atomic E-state index is 12.2. The Morgan fingerprint density at radius 1 is 1.37 bits per heavy atom. The number of sulfonamides is 1.